The van der Waals surface area contributed by atoms with Crippen molar-refractivity contribution >= 4 is 33.2 Å². The summed E-state index contributed by atoms with van der Waals surface area (Å²) in [6, 6.07) is 0. The summed E-state index contributed by atoms with van der Waals surface area (Å²) in [5.74, 6) is -0.645. The van der Waals surface area contributed by atoms with E-state index in [1.54, 1.807) is 32.1 Å². The number of allylic oxidation sites excluding steroid dienone is 3. The molecule has 0 spiro atoms. The fraction of sp³-hybridized carbons (Fsp3) is 0.714. The third-order valence-corrected chi connectivity index (χ3v) is 10.1. The van der Waals surface area contributed by atoms with Gasteiger partial charge in [-0.3, -0.25) is 4.79 Å². The summed E-state index contributed by atoms with van der Waals surface area (Å²) < 4.78 is 24.9. The lowest BCUT2D eigenvalue weighted by molar-refractivity contribution is -0.137. The first kappa shape index (κ1) is 33.5. The first-order chi connectivity index (χ1) is 16.2. The van der Waals surface area contributed by atoms with E-state index in [4.69, 9.17) is 5.11 Å². The molecule has 0 saturated carbocycles. The maximum atomic E-state index is 13.0. The van der Waals surface area contributed by atoms with E-state index in [2.05, 4.69) is 43.3 Å². The smallest absolute Gasteiger partial charge is 0.303 e. The van der Waals surface area contributed by atoms with E-state index in [1.165, 1.54) is 11.1 Å². The molecule has 2 unspecified atom stereocenters. The van der Waals surface area contributed by atoms with Crippen molar-refractivity contribution in [2.75, 3.05) is 0 Å². The molecular weight excluding hydrogens is 478 g/mol. The molecule has 1 rings (SSSR count). The van der Waals surface area contributed by atoms with Crippen LogP contribution in [-0.2, 0) is 14.6 Å². The van der Waals surface area contributed by atoms with Crippen molar-refractivity contribution in [3.05, 3.63) is 33.3 Å². The van der Waals surface area contributed by atoms with Gasteiger partial charge >= 0.3 is 5.97 Å². The average Bonchev–Trinajstić information content (AvgIpc) is 3.17. The molecule has 0 aliphatic rings. The summed E-state index contributed by atoms with van der Waals surface area (Å²) in [7, 11) is -3.40. The predicted octanol–water partition coefficient (Wildman–Crippen LogP) is 8.25. The van der Waals surface area contributed by atoms with Crippen LogP contribution in [0.25, 0.3) is 6.08 Å². The van der Waals surface area contributed by atoms with Gasteiger partial charge in [0.15, 0.2) is 9.84 Å². The van der Waals surface area contributed by atoms with E-state index >= 15 is 0 Å². The van der Waals surface area contributed by atoms with E-state index in [0.717, 1.165) is 42.8 Å². The van der Waals surface area contributed by atoms with Crippen LogP contribution >= 0.6 is 11.3 Å². The van der Waals surface area contributed by atoms with Crippen LogP contribution in [0.15, 0.2) is 22.6 Å². The number of hydrogen-bond donors (Lipinski definition) is 1. The number of sulfone groups is 1. The number of rotatable bonds is 15. The number of aryl methyl sites for hydroxylation is 1. The molecular formula is C28H49NO4S2. The Hall–Kier alpha value is -1.47. The molecule has 202 valence electrons. The average molecular weight is 528 g/mol. The van der Waals surface area contributed by atoms with Crippen LogP contribution in [0.2, 0.25) is 0 Å². The van der Waals surface area contributed by atoms with Crippen LogP contribution in [0.3, 0.4) is 0 Å². The van der Waals surface area contributed by atoms with Gasteiger partial charge in [0.25, 0.3) is 0 Å². The Bertz CT molecular complexity index is 927. The number of carboxylic acid groups (broad SMARTS) is 1. The number of carboxylic acids is 1. The molecule has 0 aromatic carbocycles. The number of hydrogen-bond acceptors (Lipinski definition) is 5. The van der Waals surface area contributed by atoms with Gasteiger partial charge in [-0.25, -0.2) is 13.4 Å². The van der Waals surface area contributed by atoms with E-state index in [9.17, 15) is 13.2 Å². The summed E-state index contributed by atoms with van der Waals surface area (Å²) >= 11 is 1.67. The molecule has 35 heavy (non-hydrogen) atoms. The van der Waals surface area contributed by atoms with Gasteiger partial charge in [-0.2, -0.15) is 0 Å². The Balaban J connectivity index is 0.00000562. The Morgan fingerprint density at radius 2 is 1.77 bits per heavy atom. The highest BCUT2D eigenvalue weighted by molar-refractivity contribution is 7.93. The highest BCUT2D eigenvalue weighted by atomic mass is 32.2. The van der Waals surface area contributed by atoms with Gasteiger partial charge in [0.05, 0.1) is 20.7 Å². The van der Waals surface area contributed by atoms with Gasteiger partial charge in [-0.1, -0.05) is 44.4 Å². The maximum Gasteiger partial charge on any atom is 0.303 e. The maximum absolute atomic E-state index is 13.0. The summed E-state index contributed by atoms with van der Waals surface area (Å²) in [6.07, 6.45) is 10.2. The zero-order chi connectivity index (χ0) is 27.2. The van der Waals surface area contributed by atoms with Gasteiger partial charge in [0.2, 0.25) is 0 Å². The van der Waals surface area contributed by atoms with Crippen molar-refractivity contribution in [1.82, 2.24) is 4.98 Å². The number of aliphatic carboxylic acids is 1. The van der Waals surface area contributed by atoms with Crippen molar-refractivity contribution in [1.29, 1.82) is 0 Å². The summed E-state index contributed by atoms with van der Waals surface area (Å²) in [4.78, 5) is 15.3. The second-order valence-corrected chi connectivity index (χ2v) is 14.2. The van der Waals surface area contributed by atoms with Crippen molar-refractivity contribution in [2.24, 2.45) is 5.92 Å². The molecule has 0 aliphatic carbocycles. The van der Waals surface area contributed by atoms with E-state index in [0.29, 0.717) is 12.3 Å². The third kappa shape index (κ3) is 12.9. The summed E-state index contributed by atoms with van der Waals surface area (Å²) in [5, 5.41) is 11.6. The highest BCUT2D eigenvalue weighted by Gasteiger charge is 2.38. The Morgan fingerprint density at radius 1 is 1.14 bits per heavy atom. The van der Waals surface area contributed by atoms with Crippen LogP contribution in [0.5, 0.6) is 0 Å². The molecule has 0 saturated heterocycles. The molecule has 1 aromatic heterocycles. The molecule has 0 bridgehead atoms. The van der Waals surface area contributed by atoms with Crippen LogP contribution in [0.4, 0.5) is 0 Å². The quantitative estimate of drug-likeness (QED) is 0.232. The molecule has 0 aliphatic heterocycles. The van der Waals surface area contributed by atoms with E-state index in [-0.39, 0.29) is 12.8 Å². The number of aromatic nitrogens is 1. The normalized spacial score (nSPS) is 14.8. The van der Waals surface area contributed by atoms with Crippen LogP contribution in [-0.4, -0.2) is 34.5 Å². The number of carbonyl (C=O) groups is 1. The SMILES string of the molecule is C/C(=C/CC/C(C)=C/c1csc(C)n1)CCCC(C)CC(C)S(=O)(=O)C(C)(C)CCC(=O)O.CC. The minimum absolute atomic E-state index is 0.125. The lowest BCUT2D eigenvalue weighted by Crippen LogP contribution is -2.39. The minimum Gasteiger partial charge on any atom is -0.481 e. The topological polar surface area (TPSA) is 84.3 Å². The van der Waals surface area contributed by atoms with Crippen molar-refractivity contribution < 1.29 is 18.3 Å². The van der Waals surface area contributed by atoms with Crippen molar-refractivity contribution in [3.8, 4) is 0 Å². The molecule has 2 atom stereocenters. The molecule has 0 radical (unpaired) electrons. The zero-order valence-electron chi connectivity index (χ0n) is 23.5. The largest absolute Gasteiger partial charge is 0.481 e. The molecule has 0 fully saturated rings. The third-order valence-electron chi connectivity index (χ3n) is 6.31. The molecule has 1 N–H and O–H groups in total. The fourth-order valence-corrected chi connectivity index (χ4v) is 6.68. The predicted molar refractivity (Wildman–Crippen MR) is 152 cm³/mol. The van der Waals surface area contributed by atoms with E-state index in [1.807, 2.05) is 20.8 Å². The summed E-state index contributed by atoms with van der Waals surface area (Å²) in [5.41, 5.74) is 3.76. The molecule has 1 heterocycles. The molecule has 7 heteroatoms. The second kappa shape index (κ2) is 16.3. The lowest BCUT2D eigenvalue weighted by Gasteiger charge is -2.29. The Morgan fingerprint density at radius 3 is 2.31 bits per heavy atom. The van der Waals surface area contributed by atoms with E-state index < -0.39 is 25.8 Å². The Kier molecular flexibility index (Phi) is 15.6. The van der Waals surface area contributed by atoms with Crippen LogP contribution in [0.1, 0.15) is 117 Å². The van der Waals surface area contributed by atoms with Crippen molar-refractivity contribution in [2.45, 2.75) is 124 Å². The standard InChI is InChI=1S/C26H43NO4S2.C2H6/c1-19(11-9-13-21(3)17-24-18-32-23(5)27-24)10-8-12-20(2)16-22(4)33(30,31)26(6,7)15-14-25(28)29;1-2/h11,17-18,20,22H,8-10,12-16H2,1-7H3,(H,28,29);1-2H3/b19-11-,21-17+;. The van der Waals surface area contributed by atoms with Crippen LogP contribution < -0.4 is 0 Å². The Labute approximate surface area is 219 Å². The lowest BCUT2D eigenvalue weighted by atomic mass is 9.97. The summed E-state index contributed by atoms with van der Waals surface area (Å²) in [6.45, 7) is 17.5. The molecule has 5 nitrogen and oxygen atoms in total. The van der Waals surface area contributed by atoms with Crippen molar-refractivity contribution in [3.63, 3.8) is 0 Å². The number of thiazole rings is 1. The van der Waals surface area contributed by atoms with Crippen LogP contribution in [0, 0.1) is 12.8 Å². The van der Waals surface area contributed by atoms with Gasteiger partial charge in [0, 0.05) is 11.8 Å². The fourth-order valence-electron chi connectivity index (χ4n) is 4.05. The van der Waals surface area contributed by atoms with Gasteiger partial charge in [-0.15, -0.1) is 11.3 Å². The molecule has 1 aromatic rings. The van der Waals surface area contributed by atoms with Gasteiger partial charge in [0.1, 0.15) is 0 Å². The zero-order valence-corrected chi connectivity index (χ0v) is 25.1. The monoisotopic (exact) mass is 527 g/mol. The first-order valence-electron chi connectivity index (χ1n) is 12.9. The second-order valence-electron chi connectivity index (χ2n) is 10.1. The first-order valence-corrected chi connectivity index (χ1v) is 15.4. The molecule has 0 amide bonds. The highest BCUT2D eigenvalue weighted by Crippen LogP contribution is 2.30. The minimum atomic E-state index is -3.40. The number of nitrogens with zero attached hydrogens (tertiary/aromatic N) is 1. The van der Waals surface area contributed by atoms with Gasteiger partial charge in [-0.05, 0) is 92.1 Å². The van der Waals surface area contributed by atoms with Gasteiger partial charge < -0.3 is 5.11 Å².